The zero-order valence-corrected chi connectivity index (χ0v) is 15.5. The third-order valence-corrected chi connectivity index (χ3v) is 3.97. The molecule has 0 bridgehead atoms. The molecule has 4 nitrogen and oxygen atoms in total. The molecule has 0 aliphatic heterocycles. The lowest BCUT2D eigenvalue weighted by molar-refractivity contribution is 0.0952. The predicted octanol–water partition coefficient (Wildman–Crippen LogP) is 4.36. The number of carbonyl (C=O) groups is 1. The molecule has 4 heteroatoms. The lowest BCUT2D eigenvalue weighted by Crippen LogP contribution is -2.25. The van der Waals surface area contributed by atoms with E-state index in [1.165, 1.54) is 5.56 Å². The van der Waals surface area contributed by atoms with Crippen LogP contribution >= 0.6 is 0 Å². The molecule has 0 aliphatic rings. The Morgan fingerprint density at radius 3 is 2.48 bits per heavy atom. The number of carbonyl (C=O) groups excluding carboxylic acids is 1. The summed E-state index contributed by atoms with van der Waals surface area (Å²) in [7, 11) is 1.62. The van der Waals surface area contributed by atoms with E-state index in [1.54, 1.807) is 13.2 Å². The number of nitrogens with one attached hydrogen (secondary N) is 1. The normalized spacial score (nSPS) is 10.6. The van der Waals surface area contributed by atoms with Gasteiger partial charge in [-0.05, 0) is 49.6 Å². The Bertz CT molecular complexity index is 693. The quantitative estimate of drug-likeness (QED) is 0.776. The van der Waals surface area contributed by atoms with Crippen molar-refractivity contribution in [1.29, 1.82) is 0 Å². The van der Waals surface area contributed by atoms with Crippen molar-refractivity contribution in [3.63, 3.8) is 0 Å². The molecule has 0 aromatic heterocycles. The zero-order valence-electron chi connectivity index (χ0n) is 15.5. The maximum Gasteiger partial charge on any atom is 0.251 e. The molecule has 2 aromatic carbocycles. The van der Waals surface area contributed by atoms with Gasteiger partial charge in [0.15, 0.2) is 0 Å². The summed E-state index contributed by atoms with van der Waals surface area (Å²) in [4.78, 5) is 12.3. The summed E-state index contributed by atoms with van der Waals surface area (Å²) in [6, 6.07) is 13.3. The smallest absolute Gasteiger partial charge is 0.251 e. The maximum absolute atomic E-state index is 12.3. The summed E-state index contributed by atoms with van der Waals surface area (Å²) in [5.41, 5.74) is 2.65. The number of ether oxygens (including phenoxy) is 2. The van der Waals surface area contributed by atoms with E-state index >= 15 is 0 Å². The molecule has 0 saturated heterocycles. The minimum absolute atomic E-state index is 0.0695. The van der Waals surface area contributed by atoms with Crippen molar-refractivity contribution in [3.05, 3.63) is 59.2 Å². The maximum atomic E-state index is 12.3. The van der Waals surface area contributed by atoms with Gasteiger partial charge >= 0.3 is 0 Å². The first kappa shape index (κ1) is 18.8. The summed E-state index contributed by atoms with van der Waals surface area (Å²) in [6.45, 7) is 7.34. The minimum atomic E-state index is -0.0695. The molecule has 2 aromatic rings. The van der Waals surface area contributed by atoms with Gasteiger partial charge in [-0.1, -0.05) is 31.5 Å². The van der Waals surface area contributed by atoms with Gasteiger partial charge in [0.05, 0.1) is 7.11 Å². The fraction of sp³-hybridized carbons (Fsp3) is 0.381. The van der Waals surface area contributed by atoms with Crippen molar-refractivity contribution in [3.8, 4) is 11.5 Å². The molecule has 134 valence electrons. The topological polar surface area (TPSA) is 47.6 Å². The Labute approximate surface area is 150 Å². The molecule has 0 fully saturated rings. The highest BCUT2D eigenvalue weighted by molar-refractivity contribution is 5.94. The monoisotopic (exact) mass is 341 g/mol. The first-order chi connectivity index (χ1) is 12.0. The van der Waals surface area contributed by atoms with Gasteiger partial charge < -0.3 is 14.8 Å². The Hall–Kier alpha value is -2.49. The predicted molar refractivity (Wildman–Crippen MR) is 100 cm³/mol. The SMILES string of the molecule is COc1ccc(C(=O)NCCC(C)C)cc1COc1ccc(C)cc1. The standard InChI is InChI=1S/C21H27NO3/c1-15(2)11-12-22-21(23)17-7-10-20(24-4)18(13-17)14-25-19-8-5-16(3)6-9-19/h5-10,13,15H,11-12,14H2,1-4H3,(H,22,23). The second-order valence-electron chi connectivity index (χ2n) is 6.57. The van der Waals surface area contributed by atoms with Gasteiger partial charge in [0.1, 0.15) is 18.1 Å². The molecule has 0 radical (unpaired) electrons. The minimum Gasteiger partial charge on any atom is -0.496 e. The van der Waals surface area contributed by atoms with E-state index < -0.39 is 0 Å². The Balaban J connectivity index is 2.05. The van der Waals surface area contributed by atoms with E-state index in [4.69, 9.17) is 9.47 Å². The largest absolute Gasteiger partial charge is 0.496 e. The van der Waals surface area contributed by atoms with Gasteiger partial charge in [-0.15, -0.1) is 0 Å². The van der Waals surface area contributed by atoms with E-state index in [1.807, 2.05) is 43.3 Å². The molecule has 0 aliphatic carbocycles. The average molecular weight is 341 g/mol. The Kier molecular flexibility index (Phi) is 6.87. The lowest BCUT2D eigenvalue weighted by atomic mass is 10.1. The second kappa shape index (κ2) is 9.11. The number of aryl methyl sites for hydroxylation is 1. The molecule has 0 unspecified atom stereocenters. The van der Waals surface area contributed by atoms with E-state index in [0.717, 1.165) is 17.7 Å². The lowest BCUT2D eigenvalue weighted by Gasteiger charge is -2.13. The molecule has 0 atom stereocenters. The fourth-order valence-corrected chi connectivity index (χ4v) is 2.40. The molecule has 0 saturated carbocycles. The highest BCUT2D eigenvalue weighted by atomic mass is 16.5. The fourth-order valence-electron chi connectivity index (χ4n) is 2.40. The van der Waals surface area contributed by atoms with Crippen molar-refractivity contribution in [2.75, 3.05) is 13.7 Å². The van der Waals surface area contributed by atoms with E-state index in [0.29, 0.717) is 30.4 Å². The van der Waals surface area contributed by atoms with Crippen LogP contribution in [0.15, 0.2) is 42.5 Å². The highest BCUT2D eigenvalue weighted by Crippen LogP contribution is 2.22. The summed E-state index contributed by atoms with van der Waals surface area (Å²) < 4.78 is 11.2. The van der Waals surface area contributed by atoms with E-state index in [9.17, 15) is 4.79 Å². The zero-order chi connectivity index (χ0) is 18.2. The van der Waals surface area contributed by atoms with Gasteiger partial charge in [0.25, 0.3) is 5.91 Å². The van der Waals surface area contributed by atoms with Crippen molar-refractivity contribution < 1.29 is 14.3 Å². The van der Waals surface area contributed by atoms with Crippen LogP contribution in [0, 0.1) is 12.8 Å². The van der Waals surface area contributed by atoms with Gasteiger partial charge in [-0.2, -0.15) is 0 Å². The Morgan fingerprint density at radius 2 is 1.84 bits per heavy atom. The summed E-state index contributed by atoms with van der Waals surface area (Å²) >= 11 is 0. The molecule has 1 N–H and O–H groups in total. The summed E-state index contributed by atoms with van der Waals surface area (Å²) in [5.74, 6) is 2.00. The number of methoxy groups -OCH3 is 1. The van der Waals surface area contributed by atoms with Crippen LogP contribution in [0.25, 0.3) is 0 Å². The van der Waals surface area contributed by atoms with Gasteiger partial charge in [0.2, 0.25) is 0 Å². The molecule has 1 amide bonds. The number of amides is 1. The van der Waals surface area contributed by atoms with Gasteiger partial charge in [-0.3, -0.25) is 4.79 Å². The van der Waals surface area contributed by atoms with Crippen LogP contribution in [0.3, 0.4) is 0 Å². The number of hydrogen-bond acceptors (Lipinski definition) is 3. The van der Waals surface area contributed by atoms with Crippen molar-refractivity contribution >= 4 is 5.91 Å². The average Bonchev–Trinajstić information content (AvgIpc) is 2.60. The third kappa shape index (κ3) is 5.82. The molecule has 0 heterocycles. The molecular formula is C21H27NO3. The molecular weight excluding hydrogens is 314 g/mol. The van der Waals surface area contributed by atoms with Crippen LogP contribution in [0.5, 0.6) is 11.5 Å². The van der Waals surface area contributed by atoms with E-state index in [2.05, 4.69) is 19.2 Å². The molecule has 0 spiro atoms. The van der Waals surface area contributed by atoms with Crippen molar-refractivity contribution in [2.45, 2.75) is 33.8 Å². The van der Waals surface area contributed by atoms with Gasteiger partial charge in [-0.25, -0.2) is 0 Å². The second-order valence-corrected chi connectivity index (χ2v) is 6.57. The summed E-state index contributed by atoms with van der Waals surface area (Å²) in [6.07, 6.45) is 0.964. The first-order valence-corrected chi connectivity index (χ1v) is 8.64. The van der Waals surface area contributed by atoms with Crippen molar-refractivity contribution in [1.82, 2.24) is 5.32 Å². The van der Waals surface area contributed by atoms with Crippen LogP contribution in [0.4, 0.5) is 0 Å². The van der Waals surface area contributed by atoms with Crippen LogP contribution < -0.4 is 14.8 Å². The van der Waals surface area contributed by atoms with E-state index in [-0.39, 0.29) is 5.91 Å². The van der Waals surface area contributed by atoms with Crippen LogP contribution in [-0.4, -0.2) is 19.6 Å². The summed E-state index contributed by atoms with van der Waals surface area (Å²) in [5, 5.41) is 2.95. The number of rotatable bonds is 8. The van der Waals surface area contributed by atoms with Crippen molar-refractivity contribution in [2.24, 2.45) is 5.92 Å². The van der Waals surface area contributed by atoms with Crippen LogP contribution in [0.2, 0.25) is 0 Å². The van der Waals surface area contributed by atoms with Crippen LogP contribution in [0.1, 0.15) is 41.8 Å². The van der Waals surface area contributed by atoms with Gasteiger partial charge in [0, 0.05) is 17.7 Å². The highest BCUT2D eigenvalue weighted by Gasteiger charge is 2.11. The third-order valence-electron chi connectivity index (χ3n) is 3.97. The first-order valence-electron chi connectivity index (χ1n) is 8.64. The number of hydrogen-bond donors (Lipinski definition) is 1. The number of benzene rings is 2. The Morgan fingerprint density at radius 1 is 1.12 bits per heavy atom. The molecule has 2 rings (SSSR count). The van der Waals surface area contributed by atoms with Crippen LogP contribution in [-0.2, 0) is 6.61 Å². The molecule has 25 heavy (non-hydrogen) atoms.